The number of hydrogen-bond acceptors (Lipinski definition) is 2. The number of alkyl halides is 6. The third-order valence-corrected chi connectivity index (χ3v) is 4.91. The first kappa shape index (κ1) is 19.1. The van der Waals surface area contributed by atoms with Crippen LogP contribution >= 0.6 is 0 Å². The molecule has 1 aliphatic heterocycles. The van der Waals surface area contributed by atoms with Gasteiger partial charge in [-0.3, -0.25) is 0 Å². The molecule has 2 aliphatic rings. The van der Waals surface area contributed by atoms with Crippen LogP contribution in [-0.2, 0) is 0 Å². The quantitative estimate of drug-likeness (QED) is 0.742. The van der Waals surface area contributed by atoms with Gasteiger partial charge < -0.3 is 15.3 Å². The molecular formula is C14H20F6N2O2. The smallest absolute Gasteiger partial charge is 0.380 e. The molecule has 0 aromatic rings. The van der Waals surface area contributed by atoms with Crippen LogP contribution in [0.4, 0.5) is 31.1 Å². The van der Waals surface area contributed by atoms with Crippen LogP contribution in [-0.4, -0.2) is 53.1 Å². The molecule has 140 valence electrons. The summed E-state index contributed by atoms with van der Waals surface area (Å²) in [7, 11) is 0. The molecule has 1 saturated heterocycles. The fourth-order valence-electron chi connectivity index (χ4n) is 3.35. The van der Waals surface area contributed by atoms with E-state index in [1.807, 2.05) is 5.32 Å². The Morgan fingerprint density at radius 3 is 2.00 bits per heavy atom. The van der Waals surface area contributed by atoms with E-state index in [1.54, 1.807) is 0 Å². The number of carbonyl (C=O) groups is 1. The Hall–Kier alpha value is -1.19. The molecular weight excluding hydrogens is 342 g/mol. The number of amides is 2. The Balaban J connectivity index is 1.97. The second kappa shape index (κ2) is 6.61. The first-order valence-corrected chi connectivity index (χ1v) is 7.85. The first-order chi connectivity index (χ1) is 10.9. The number of likely N-dealkylation sites (tertiary alicyclic amines) is 1. The van der Waals surface area contributed by atoms with Crippen LogP contribution < -0.4 is 5.32 Å². The minimum atomic E-state index is -4.83. The zero-order valence-electron chi connectivity index (χ0n) is 12.9. The lowest BCUT2D eigenvalue weighted by molar-refractivity contribution is -0.271. The Labute approximate surface area is 135 Å². The zero-order valence-corrected chi connectivity index (χ0v) is 12.9. The van der Waals surface area contributed by atoms with Crippen molar-refractivity contribution in [3.63, 3.8) is 0 Å². The highest BCUT2D eigenvalue weighted by Gasteiger charge is 2.55. The van der Waals surface area contributed by atoms with Gasteiger partial charge in [0.25, 0.3) is 0 Å². The number of halogens is 6. The lowest BCUT2D eigenvalue weighted by Gasteiger charge is -2.39. The van der Waals surface area contributed by atoms with Crippen molar-refractivity contribution in [3.05, 3.63) is 0 Å². The van der Waals surface area contributed by atoms with Gasteiger partial charge in [0, 0.05) is 25.9 Å². The molecule has 1 atom stereocenters. The van der Waals surface area contributed by atoms with E-state index >= 15 is 0 Å². The van der Waals surface area contributed by atoms with Crippen LogP contribution in [0.2, 0.25) is 0 Å². The second-order valence-corrected chi connectivity index (χ2v) is 6.53. The number of rotatable bonds is 2. The summed E-state index contributed by atoms with van der Waals surface area (Å²) in [6, 6.07) is -3.02. The van der Waals surface area contributed by atoms with Crippen LogP contribution in [0.5, 0.6) is 0 Å². The molecule has 1 heterocycles. The van der Waals surface area contributed by atoms with Gasteiger partial charge in [-0.2, -0.15) is 26.3 Å². The monoisotopic (exact) mass is 362 g/mol. The molecule has 0 spiro atoms. The largest absolute Gasteiger partial charge is 0.417 e. The number of nitrogens with one attached hydrogen (secondary N) is 1. The second-order valence-electron chi connectivity index (χ2n) is 6.53. The van der Waals surface area contributed by atoms with Crippen molar-refractivity contribution in [2.75, 3.05) is 13.1 Å². The summed E-state index contributed by atoms with van der Waals surface area (Å²) in [5.74, 6) is -0.703. The lowest BCUT2D eigenvalue weighted by atomic mass is 9.91. The molecule has 1 aliphatic carbocycles. The molecule has 1 saturated carbocycles. The van der Waals surface area contributed by atoms with E-state index in [2.05, 4.69) is 0 Å². The highest BCUT2D eigenvalue weighted by molar-refractivity contribution is 5.74. The third-order valence-electron chi connectivity index (χ3n) is 4.91. The van der Waals surface area contributed by atoms with E-state index < -0.39 is 61.9 Å². The Bertz CT molecular complexity index is 451. The third kappa shape index (κ3) is 4.07. The summed E-state index contributed by atoms with van der Waals surface area (Å²) in [5.41, 5.74) is -2.89. The predicted octanol–water partition coefficient (Wildman–Crippen LogP) is 3.21. The average Bonchev–Trinajstić information content (AvgIpc) is 2.96. The minimum absolute atomic E-state index is 0.359. The Morgan fingerprint density at radius 1 is 1.08 bits per heavy atom. The topological polar surface area (TPSA) is 52.6 Å². The number of nitrogens with zero attached hydrogens (tertiary/aromatic N) is 1. The van der Waals surface area contributed by atoms with Gasteiger partial charge >= 0.3 is 18.4 Å². The molecule has 2 amide bonds. The summed E-state index contributed by atoms with van der Waals surface area (Å²) in [6.45, 7) is -0.895. The number of hydrogen-bond donors (Lipinski definition) is 2. The Morgan fingerprint density at radius 2 is 1.58 bits per heavy atom. The maximum Gasteiger partial charge on any atom is 0.417 e. The van der Waals surface area contributed by atoms with E-state index in [-0.39, 0.29) is 0 Å². The van der Waals surface area contributed by atoms with Crippen LogP contribution in [0.3, 0.4) is 0 Å². The molecule has 4 nitrogen and oxygen atoms in total. The van der Waals surface area contributed by atoms with Crippen molar-refractivity contribution in [3.8, 4) is 0 Å². The van der Waals surface area contributed by atoms with E-state index in [9.17, 15) is 36.2 Å². The number of urea groups is 1. The maximum absolute atomic E-state index is 13.2. The molecule has 2 fully saturated rings. The average molecular weight is 362 g/mol. The van der Waals surface area contributed by atoms with Crippen molar-refractivity contribution < 1.29 is 36.2 Å². The minimum Gasteiger partial charge on any atom is -0.380 e. The zero-order chi connectivity index (χ0) is 18.2. The summed E-state index contributed by atoms with van der Waals surface area (Å²) in [5, 5.41) is 11.5. The van der Waals surface area contributed by atoms with Gasteiger partial charge in [-0.15, -0.1) is 0 Å². The molecule has 0 unspecified atom stereocenters. The maximum atomic E-state index is 13.2. The van der Waals surface area contributed by atoms with Crippen molar-refractivity contribution in [2.24, 2.45) is 5.92 Å². The number of piperidine rings is 1. The van der Waals surface area contributed by atoms with Crippen molar-refractivity contribution in [2.45, 2.75) is 62.5 Å². The van der Waals surface area contributed by atoms with Gasteiger partial charge in [0.2, 0.25) is 0 Å². The van der Waals surface area contributed by atoms with E-state index in [0.717, 1.165) is 4.90 Å². The molecule has 24 heavy (non-hydrogen) atoms. The predicted molar refractivity (Wildman–Crippen MR) is 72.1 cm³/mol. The molecule has 2 rings (SSSR count). The highest BCUT2D eigenvalue weighted by atomic mass is 19.4. The highest BCUT2D eigenvalue weighted by Crippen LogP contribution is 2.39. The van der Waals surface area contributed by atoms with Gasteiger partial charge in [0.1, 0.15) is 6.04 Å². The SMILES string of the molecule is O=C(N[C@@H](C1CCCC1)C(F)(F)F)N1CCC(O)(C(F)(F)F)CC1. The fourth-order valence-corrected chi connectivity index (χ4v) is 3.35. The van der Waals surface area contributed by atoms with Gasteiger partial charge in [-0.05, 0) is 18.8 Å². The lowest BCUT2D eigenvalue weighted by Crippen LogP contribution is -2.58. The summed E-state index contributed by atoms with van der Waals surface area (Å²) in [4.78, 5) is 12.9. The molecule has 0 radical (unpaired) electrons. The van der Waals surface area contributed by atoms with Gasteiger partial charge in [0.15, 0.2) is 5.60 Å². The molecule has 0 aromatic carbocycles. The summed E-state index contributed by atoms with van der Waals surface area (Å²) < 4.78 is 77.6. The van der Waals surface area contributed by atoms with Crippen LogP contribution in [0.25, 0.3) is 0 Å². The van der Waals surface area contributed by atoms with Crippen LogP contribution in [0.1, 0.15) is 38.5 Å². The standard InChI is InChI=1S/C14H20F6N2O2/c15-13(16,17)10(9-3-1-2-4-9)21-11(23)22-7-5-12(24,6-8-22)14(18,19)20/h9-10,24H,1-8H2,(H,21,23)/t10-/m0/s1. The number of aliphatic hydroxyl groups is 1. The molecule has 0 bridgehead atoms. The summed E-state index contributed by atoms with van der Waals surface area (Å²) in [6.07, 6.45) is -8.88. The van der Waals surface area contributed by atoms with Crippen LogP contribution in [0.15, 0.2) is 0 Å². The van der Waals surface area contributed by atoms with Gasteiger partial charge in [0.05, 0.1) is 0 Å². The molecule has 2 N–H and O–H groups in total. The number of carbonyl (C=O) groups excluding carboxylic acids is 1. The fraction of sp³-hybridized carbons (Fsp3) is 0.929. The molecule has 10 heteroatoms. The van der Waals surface area contributed by atoms with Crippen molar-refractivity contribution in [1.29, 1.82) is 0 Å². The molecule has 0 aromatic heterocycles. The summed E-state index contributed by atoms with van der Waals surface area (Å²) >= 11 is 0. The van der Waals surface area contributed by atoms with Crippen molar-refractivity contribution in [1.82, 2.24) is 10.2 Å². The van der Waals surface area contributed by atoms with Gasteiger partial charge in [-0.1, -0.05) is 12.8 Å². The van der Waals surface area contributed by atoms with E-state index in [4.69, 9.17) is 0 Å². The Kier molecular flexibility index (Phi) is 5.27. The van der Waals surface area contributed by atoms with Crippen molar-refractivity contribution >= 4 is 6.03 Å². The van der Waals surface area contributed by atoms with Crippen LogP contribution in [0, 0.1) is 5.92 Å². The van der Waals surface area contributed by atoms with E-state index in [0.29, 0.717) is 25.7 Å². The van der Waals surface area contributed by atoms with Gasteiger partial charge in [-0.25, -0.2) is 4.79 Å². The van der Waals surface area contributed by atoms with E-state index in [1.165, 1.54) is 0 Å². The normalized spacial score (nSPS) is 24.0. The first-order valence-electron chi connectivity index (χ1n) is 7.85.